The number of carbonyl (C=O) groups excluding carboxylic acids is 4. The Morgan fingerprint density at radius 3 is 1.51 bits per heavy atom. The van der Waals surface area contributed by atoms with Gasteiger partial charge in [0.15, 0.2) is 0 Å². The molecule has 198 valence electrons. The minimum Gasteiger partial charge on any atom is -0.462 e. The van der Waals surface area contributed by atoms with Crippen LogP contribution in [-0.4, -0.2) is 54.5 Å². The quantitative estimate of drug-likeness (QED) is 0.197. The molecule has 0 aromatic heterocycles. The van der Waals surface area contributed by atoms with Crippen molar-refractivity contribution in [3.05, 3.63) is 0 Å². The van der Waals surface area contributed by atoms with Gasteiger partial charge in [-0.2, -0.15) is 26.3 Å². The van der Waals surface area contributed by atoms with Crippen LogP contribution < -0.4 is 0 Å². The molecule has 4 saturated carbocycles. The molecule has 0 radical (unpaired) electrons. The molecule has 0 aliphatic heterocycles. The highest BCUT2D eigenvalue weighted by Crippen LogP contribution is 2.61. The normalized spacial score (nSPS) is 28.5. The molecule has 0 aromatic rings. The van der Waals surface area contributed by atoms with Crippen LogP contribution in [0.15, 0.2) is 0 Å². The molecule has 6 nitrogen and oxygen atoms in total. The van der Waals surface area contributed by atoms with Gasteiger partial charge < -0.3 is 9.47 Å². The van der Waals surface area contributed by atoms with Crippen molar-refractivity contribution in [2.24, 2.45) is 28.6 Å². The molecule has 4 aliphatic carbocycles. The molecule has 0 N–H and O–H groups in total. The Morgan fingerprint density at radius 2 is 1.11 bits per heavy atom. The maximum atomic E-state index is 14.5. The van der Waals surface area contributed by atoms with Gasteiger partial charge in [0.05, 0.1) is 5.41 Å². The standard InChI is InChI=1S/C23H28F6O6/c1-19(2,3)17(32)34-4-5-35-18(33)22(26,27)23(28,29)21(24,25)16(31)15(30)20-9-12-6-13(10-20)8-14(7-12)11-20/h12-14H,4-11H2,1-3H3. The van der Waals surface area contributed by atoms with E-state index in [1.807, 2.05) is 0 Å². The van der Waals surface area contributed by atoms with E-state index in [0.29, 0.717) is 0 Å². The van der Waals surface area contributed by atoms with Crippen LogP contribution in [0.4, 0.5) is 26.3 Å². The fourth-order valence-electron chi connectivity index (χ4n) is 5.82. The number of hydrogen-bond acceptors (Lipinski definition) is 6. The van der Waals surface area contributed by atoms with Crippen LogP contribution in [0.1, 0.15) is 59.3 Å². The summed E-state index contributed by atoms with van der Waals surface area (Å²) in [7, 11) is 0. The average Bonchev–Trinajstić information content (AvgIpc) is 2.73. The van der Waals surface area contributed by atoms with Crippen LogP contribution in [0.2, 0.25) is 0 Å². The van der Waals surface area contributed by atoms with Crippen molar-refractivity contribution in [2.45, 2.75) is 77.1 Å². The van der Waals surface area contributed by atoms with E-state index in [1.54, 1.807) is 0 Å². The summed E-state index contributed by atoms with van der Waals surface area (Å²) >= 11 is 0. The number of hydrogen-bond donors (Lipinski definition) is 0. The maximum absolute atomic E-state index is 14.5. The lowest BCUT2D eigenvalue weighted by Crippen LogP contribution is -2.64. The van der Waals surface area contributed by atoms with E-state index in [9.17, 15) is 45.5 Å². The maximum Gasteiger partial charge on any atom is 0.411 e. The van der Waals surface area contributed by atoms with E-state index < -0.39 is 65.3 Å². The lowest BCUT2D eigenvalue weighted by atomic mass is 9.48. The number of halogens is 6. The predicted molar refractivity (Wildman–Crippen MR) is 107 cm³/mol. The molecule has 0 atom stereocenters. The lowest BCUT2D eigenvalue weighted by molar-refractivity contribution is -0.293. The Balaban J connectivity index is 1.69. The van der Waals surface area contributed by atoms with Gasteiger partial charge in [-0.3, -0.25) is 14.4 Å². The molecule has 0 heterocycles. The first-order valence-electron chi connectivity index (χ1n) is 11.4. The Kier molecular flexibility index (Phi) is 6.87. The first-order valence-corrected chi connectivity index (χ1v) is 11.4. The second-order valence-corrected chi connectivity index (χ2v) is 11.1. The molecule has 0 unspecified atom stereocenters. The number of carbonyl (C=O) groups is 4. The highest BCUT2D eigenvalue weighted by molar-refractivity contribution is 6.42. The summed E-state index contributed by atoms with van der Waals surface area (Å²) in [6.07, 6.45) is 2.50. The Hall–Kier alpha value is -2.14. The van der Waals surface area contributed by atoms with E-state index in [2.05, 4.69) is 9.47 Å². The lowest BCUT2D eigenvalue weighted by Gasteiger charge is -2.55. The molecule has 4 bridgehead atoms. The average molecular weight is 514 g/mol. The minimum atomic E-state index is -6.53. The first-order chi connectivity index (χ1) is 15.8. The largest absolute Gasteiger partial charge is 0.462 e. The molecular weight excluding hydrogens is 486 g/mol. The van der Waals surface area contributed by atoms with Gasteiger partial charge in [0, 0.05) is 5.41 Å². The summed E-state index contributed by atoms with van der Waals surface area (Å²) < 4.78 is 94.6. The second-order valence-electron chi connectivity index (χ2n) is 11.1. The summed E-state index contributed by atoms with van der Waals surface area (Å²) in [6, 6.07) is 0. The molecule has 4 aliphatic rings. The van der Waals surface area contributed by atoms with Gasteiger partial charge in [0.1, 0.15) is 13.2 Å². The van der Waals surface area contributed by atoms with Gasteiger partial charge in [-0.15, -0.1) is 0 Å². The molecule has 0 amide bonds. The third kappa shape index (κ3) is 4.69. The van der Waals surface area contributed by atoms with Crippen LogP contribution in [0, 0.1) is 28.6 Å². The van der Waals surface area contributed by atoms with E-state index >= 15 is 0 Å². The molecule has 0 spiro atoms. The number of ether oxygens (including phenoxy) is 2. The van der Waals surface area contributed by atoms with Gasteiger partial charge in [0.2, 0.25) is 5.78 Å². The van der Waals surface area contributed by atoms with Gasteiger partial charge in [-0.25, -0.2) is 4.79 Å². The van der Waals surface area contributed by atoms with Crippen molar-refractivity contribution in [1.82, 2.24) is 0 Å². The monoisotopic (exact) mass is 514 g/mol. The van der Waals surface area contributed by atoms with Crippen LogP contribution >= 0.6 is 0 Å². The zero-order valence-electron chi connectivity index (χ0n) is 19.6. The Labute approximate surface area is 198 Å². The van der Waals surface area contributed by atoms with Crippen molar-refractivity contribution in [1.29, 1.82) is 0 Å². The van der Waals surface area contributed by atoms with Crippen molar-refractivity contribution < 1.29 is 55.0 Å². The third-order valence-corrected chi connectivity index (χ3v) is 7.22. The van der Waals surface area contributed by atoms with Crippen molar-refractivity contribution in [3.8, 4) is 0 Å². The SMILES string of the molecule is CC(C)(C)C(=O)OCCOC(=O)C(F)(F)C(F)(F)C(F)(F)C(=O)C(=O)C12CC3CC(CC(C3)C1)C2. The van der Waals surface area contributed by atoms with Crippen LogP contribution in [0.3, 0.4) is 0 Å². The third-order valence-electron chi connectivity index (χ3n) is 7.22. The summed E-state index contributed by atoms with van der Waals surface area (Å²) in [5.41, 5.74) is -2.55. The van der Waals surface area contributed by atoms with Crippen molar-refractivity contribution in [2.75, 3.05) is 13.2 Å². The fourth-order valence-corrected chi connectivity index (χ4v) is 5.82. The molecule has 4 fully saturated rings. The summed E-state index contributed by atoms with van der Waals surface area (Å²) in [6.45, 7) is 2.47. The van der Waals surface area contributed by atoms with E-state index in [0.717, 1.165) is 19.3 Å². The molecular formula is C23H28F6O6. The number of alkyl halides is 6. The second kappa shape index (κ2) is 8.76. The van der Waals surface area contributed by atoms with E-state index in [1.165, 1.54) is 20.8 Å². The van der Waals surface area contributed by atoms with E-state index in [4.69, 9.17) is 0 Å². The summed E-state index contributed by atoms with van der Waals surface area (Å²) in [5.74, 6) is -27.4. The zero-order valence-corrected chi connectivity index (χ0v) is 19.6. The highest BCUT2D eigenvalue weighted by Gasteiger charge is 2.80. The number of Topliss-reactive ketones (excluding diaryl/α,β-unsaturated/α-hetero) is 2. The van der Waals surface area contributed by atoms with Gasteiger partial charge in [0.25, 0.3) is 5.78 Å². The molecule has 4 rings (SSSR count). The van der Waals surface area contributed by atoms with Crippen molar-refractivity contribution in [3.63, 3.8) is 0 Å². The molecule has 0 aromatic carbocycles. The Morgan fingerprint density at radius 1 is 0.714 bits per heavy atom. The summed E-state index contributed by atoms with van der Waals surface area (Å²) in [4.78, 5) is 48.2. The smallest absolute Gasteiger partial charge is 0.411 e. The Bertz CT molecular complexity index is 871. The van der Waals surface area contributed by atoms with Crippen LogP contribution in [-0.2, 0) is 28.7 Å². The number of esters is 2. The van der Waals surface area contributed by atoms with E-state index in [-0.39, 0.29) is 37.0 Å². The first kappa shape index (κ1) is 27.4. The van der Waals surface area contributed by atoms with Gasteiger partial charge in [-0.05, 0) is 77.0 Å². The predicted octanol–water partition coefficient (Wildman–Crippen LogP) is 4.38. The van der Waals surface area contributed by atoms with Crippen molar-refractivity contribution >= 4 is 23.5 Å². The topological polar surface area (TPSA) is 86.7 Å². The molecule has 35 heavy (non-hydrogen) atoms. The highest BCUT2D eigenvalue weighted by atomic mass is 19.3. The van der Waals surface area contributed by atoms with Crippen LogP contribution in [0.25, 0.3) is 0 Å². The number of rotatable bonds is 9. The summed E-state index contributed by atoms with van der Waals surface area (Å²) in [5, 5.41) is 0. The fraction of sp³-hybridized carbons (Fsp3) is 0.826. The van der Waals surface area contributed by atoms with Gasteiger partial charge in [-0.1, -0.05) is 0 Å². The number of ketones is 2. The van der Waals surface area contributed by atoms with Gasteiger partial charge >= 0.3 is 29.7 Å². The minimum absolute atomic E-state index is 0.00376. The zero-order chi connectivity index (χ0) is 26.6. The molecule has 0 saturated heterocycles. The van der Waals surface area contributed by atoms with Crippen LogP contribution in [0.5, 0.6) is 0 Å². The molecule has 12 heteroatoms.